The molecule has 0 unspecified atom stereocenters. The molecule has 2 N–H and O–H groups in total. The zero-order valence-electron chi connectivity index (χ0n) is 15.2. The molecule has 0 fully saturated rings. The SMILES string of the molecule is Cc1cc(N)c(F)cc1N(C(=O)OC(C)(C)C)C(=O)OC(C)(C)C. The van der Waals surface area contributed by atoms with Gasteiger partial charge in [-0.25, -0.2) is 14.0 Å². The molecule has 2 amide bonds. The Morgan fingerprint density at radius 1 is 1.00 bits per heavy atom. The molecule has 134 valence electrons. The van der Waals surface area contributed by atoms with Gasteiger partial charge in [-0.2, -0.15) is 4.90 Å². The first-order valence-electron chi connectivity index (χ1n) is 7.53. The van der Waals surface area contributed by atoms with Crippen molar-refractivity contribution in [3.8, 4) is 0 Å². The van der Waals surface area contributed by atoms with Gasteiger partial charge in [0.1, 0.15) is 17.0 Å². The van der Waals surface area contributed by atoms with Gasteiger partial charge in [0.05, 0.1) is 11.4 Å². The van der Waals surface area contributed by atoms with Crippen LogP contribution in [0.2, 0.25) is 0 Å². The van der Waals surface area contributed by atoms with Crippen LogP contribution in [-0.2, 0) is 9.47 Å². The van der Waals surface area contributed by atoms with Crippen LogP contribution in [-0.4, -0.2) is 23.4 Å². The number of nitrogens with two attached hydrogens (primary N) is 1. The molecule has 1 aromatic carbocycles. The number of rotatable bonds is 1. The molecule has 0 heterocycles. The number of nitrogen functional groups attached to an aromatic ring is 1. The van der Waals surface area contributed by atoms with Crippen LogP contribution in [0.1, 0.15) is 47.1 Å². The average Bonchev–Trinajstić information content (AvgIpc) is 2.31. The first-order valence-corrected chi connectivity index (χ1v) is 7.53. The topological polar surface area (TPSA) is 81.9 Å². The molecule has 6 nitrogen and oxygen atoms in total. The minimum Gasteiger partial charge on any atom is -0.443 e. The minimum absolute atomic E-state index is 0.0187. The van der Waals surface area contributed by atoms with E-state index in [0.29, 0.717) is 10.5 Å². The Labute approximate surface area is 141 Å². The number of hydrogen-bond donors (Lipinski definition) is 1. The van der Waals surface area contributed by atoms with E-state index >= 15 is 0 Å². The Bertz CT molecular complexity index is 617. The van der Waals surface area contributed by atoms with Gasteiger partial charge < -0.3 is 15.2 Å². The number of imide groups is 1. The molecule has 1 rings (SSSR count). The van der Waals surface area contributed by atoms with Crippen LogP contribution < -0.4 is 10.6 Å². The van der Waals surface area contributed by atoms with E-state index in [9.17, 15) is 14.0 Å². The number of aryl methyl sites for hydroxylation is 1. The van der Waals surface area contributed by atoms with E-state index in [2.05, 4.69) is 0 Å². The first-order chi connectivity index (χ1) is 10.7. The van der Waals surface area contributed by atoms with Crippen molar-refractivity contribution in [1.82, 2.24) is 0 Å². The highest BCUT2D eigenvalue weighted by atomic mass is 19.1. The van der Waals surface area contributed by atoms with Gasteiger partial charge in [0.2, 0.25) is 0 Å². The summed E-state index contributed by atoms with van der Waals surface area (Å²) >= 11 is 0. The van der Waals surface area contributed by atoms with Crippen LogP contribution in [0.15, 0.2) is 12.1 Å². The molecule has 0 bridgehead atoms. The maximum atomic E-state index is 13.9. The molecule has 0 aliphatic carbocycles. The molecule has 7 heteroatoms. The summed E-state index contributed by atoms with van der Waals surface area (Å²) in [5, 5.41) is 0. The van der Waals surface area contributed by atoms with Gasteiger partial charge in [-0.3, -0.25) is 0 Å². The molecule has 24 heavy (non-hydrogen) atoms. The van der Waals surface area contributed by atoms with E-state index in [4.69, 9.17) is 15.2 Å². The highest BCUT2D eigenvalue weighted by Gasteiger charge is 2.33. The summed E-state index contributed by atoms with van der Waals surface area (Å²) in [5.41, 5.74) is 4.22. The lowest BCUT2D eigenvalue weighted by Gasteiger charge is -2.29. The van der Waals surface area contributed by atoms with Crippen LogP contribution in [0.25, 0.3) is 0 Å². The quantitative estimate of drug-likeness (QED) is 0.767. The van der Waals surface area contributed by atoms with Crippen molar-refractivity contribution < 1.29 is 23.5 Å². The highest BCUT2D eigenvalue weighted by molar-refractivity contribution is 6.10. The van der Waals surface area contributed by atoms with Gasteiger partial charge >= 0.3 is 12.2 Å². The summed E-state index contributed by atoms with van der Waals surface area (Å²) in [5.74, 6) is -0.743. The molecule has 0 spiro atoms. The van der Waals surface area contributed by atoms with Gasteiger partial charge in [0.15, 0.2) is 0 Å². The first kappa shape index (κ1) is 19.7. The number of anilines is 2. The van der Waals surface area contributed by atoms with Crippen molar-refractivity contribution >= 4 is 23.6 Å². The summed E-state index contributed by atoms with van der Waals surface area (Å²) in [7, 11) is 0. The van der Waals surface area contributed by atoms with Gasteiger partial charge in [0, 0.05) is 6.07 Å². The van der Waals surface area contributed by atoms with E-state index in [-0.39, 0.29) is 11.4 Å². The fourth-order valence-electron chi connectivity index (χ4n) is 1.82. The fourth-order valence-corrected chi connectivity index (χ4v) is 1.82. The summed E-state index contributed by atoms with van der Waals surface area (Å²) < 4.78 is 24.4. The zero-order valence-corrected chi connectivity index (χ0v) is 15.2. The van der Waals surface area contributed by atoms with Gasteiger partial charge in [0.25, 0.3) is 0 Å². The summed E-state index contributed by atoms with van der Waals surface area (Å²) in [4.78, 5) is 25.6. The number of ether oxygens (including phenoxy) is 2. The number of carbonyl (C=O) groups is 2. The molecule has 0 aromatic heterocycles. The Morgan fingerprint density at radius 2 is 1.42 bits per heavy atom. The Hall–Kier alpha value is -2.31. The molecule has 0 atom stereocenters. The van der Waals surface area contributed by atoms with E-state index < -0.39 is 29.2 Å². The van der Waals surface area contributed by atoms with Crippen molar-refractivity contribution in [2.75, 3.05) is 10.6 Å². The Balaban J connectivity index is 3.36. The lowest BCUT2D eigenvalue weighted by Crippen LogP contribution is -2.44. The van der Waals surface area contributed by atoms with E-state index in [1.807, 2.05) is 0 Å². The number of halogens is 1. The zero-order chi connectivity index (χ0) is 18.9. The second-order valence-electron chi connectivity index (χ2n) is 7.46. The molecule has 0 saturated heterocycles. The molecule has 0 aliphatic rings. The third-order valence-electron chi connectivity index (χ3n) is 2.71. The van der Waals surface area contributed by atoms with E-state index in [1.54, 1.807) is 48.5 Å². The highest BCUT2D eigenvalue weighted by Crippen LogP contribution is 2.28. The standard InChI is InChI=1S/C17H25FN2O4/c1-10-8-12(19)11(18)9-13(10)20(14(21)23-16(2,3)4)15(22)24-17(5,6)7/h8-9H,19H2,1-7H3. The third-order valence-corrected chi connectivity index (χ3v) is 2.71. The van der Waals surface area contributed by atoms with Crippen molar-refractivity contribution in [3.05, 3.63) is 23.5 Å². The molecule has 0 saturated carbocycles. The van der Waals surface area contributed by atoms with Gasteiger partial charge in [-0.15, -0.1) is 0 Å². The van der Waals surface area contributed by atoms with Crippen molar-refractivity contribution in [2.24, 2.45) is 0 Å². The Morgan fingerprint density at radius 3 is 1.79 bits per heavy atom. The number of benzene rings is 1. The molecular formula is C17H25FN2O4. The second-order valence-corrected chi connectivity index (χ2v) is 7.46. The molecule has 0 radical (unpaired) electrons. The van der Waals surface area contributed by atoms with Crippen molar-refractivity contribution in [3.63, 3.8) is 0 Å². The van der Waals surface area contributed by atoms with Crippen LogP contribution in [0.5, 0.6) is 0 Å². The second kappa shape index (κ2) is 6.67. The molecular weight excluding hydrogens is 315 g/mol. The smallest absolute Gasteiger partial charge is 0.424 e. The van der Waals surface area contributed by atoms with Crippen molar-refractivity contribution in [1.29, 1.82) is 0 Å². The van der Waals surface area contributed by atoms with Gasteiger partial charge in [-0.1, -0.05) is 0 Å². The van der Waals surface area contributed by atoms with E-state index in [0.717, 1.165) is 6.07 Å². The maximum Gasteiger partial charge on any atom is 0.424 e. The van der Waals surface area contributed by atoms with Crippen LogP contribution in [0.4, 0.5) is 25.4 Å². The number of carbonyl (C=O) groups excluding carboxylic acids is 2. The number of nitrogens with zero attached hydrogens (tertiary/aromatic N) is 1. The van der Waals surface area contributed by atoms with Crippen LogP contribution in [0, 0.1) is 12.7 Å². The maximum absolute atomic E-state index is 13.9. The Kier molecular flexibility index (Phi) is 5.48. The van der Waals surface area contributed by atoms with Crippen LogP contribution >= 0.6 is 0 Å². The van der Waals surface area contributed by atoms with Gasteiger partial charge in [-0.05, 0) is 60.1 Å². The third kappa shape index (κ3) is 5.40. The number of amides is 2. The summed E-state index contributed by atoms with van der Waals surface area (Å²) in [6.07, 6.45) is -1.91. The fraction of sp³-hybridized carbons (Fsp3) is 0.529. The molecule has 1 aromatic rings. The van der Waals surface area contributed by atoms with E-state index in [1.165, 1.54) is 6.07 Å². The lowest BCUT2D eigenvalue weighted by atomic mass is 10.1. The normalized spacial score (nSPS) is 11.8. The predicted octanol–water partition coefficient (Wildman–Crippen LogP) is 4.39. The molecule has 0 aliphatic heterocycles. The lowest BCUT2D eigenvalue weighted by molar-refractivity contribution is 0.0430. The van der Waals surface area contributed by atoms with Crippen LogP contribution in [0.3, 0.4) is 0 Å². The minimum atomic E-state index is -0.955. The van der Waals surface area contributed by atoms with Crippen molar-refractivity contribution in [2.45, 2.75) is 59.7 Å². The average molecular weight is 340 g/mol. The summed E-state index contributed by atoms with van der Waals surface area (Å²) in [6.45, 7) is 11.6. The summed E-state index contributed by atoms with van der Waals surface area (Å²) in [6, 6.07) is 2.35. The largest absolute Gasteiger partial charge is 0.443 e. The number of hydrogen-bond acceptors (Lipinski definition) is 5. The predicted molar refractivity (Wildman–Crippen MR) is 90.5 cm³/mol. The monoisotopic (exact) mass is 340 g/mol.